The molecule has 0 spiro atoms. The van der Waals surface area contributed by atoms with Crippen LogP contribution in [0.3, 0.4) is 0 Å². The van der Waals surface area contributed by atoms with Gasteiger partial charge in [-0.2, -0.15) is 0 Å². The number of allylic oxidation sites excluding steroid dienone is 4. The topological polar surface area (TPSA) is 57.5 Å². The van der Waals surface area contributed by atoms with E-state index in [1.54, 1.807) is 0 Å². The van der Waals surface area contributed by atoms with Crippen molar-refractivity contribution in [3.05, 3.63) is 34.9 Å². The highest BCUT2D eigenvalue weighted by Crippen LogP contribution is 2.16. The lowest BCUT2D eigenvalue weighted by atomic mass is 9.95. The van der Waals surface area contributed by atoms with Crippen molar-refractivity contribution in [2.24, 2.45) is 5.92 Å². The Morgan fingerprint density at radius 1 is 1.04 bits per heavy atom. The van der Waals surface area contributed by atoms with Crippen LogP contribution in [0.5, 0.6) is 0 Å². The minimum Gasteiger partial charge on any atom is -0.392 e. The molecule has 0 aliphatic heterocycles. The highest BCUT2D eigenvalue weighted by Gasteiger charge is 2.11. The Morgan fingerprint density at radius 2 is 1.74 bits per heavy atom. The molecular weight excluding hydrogens is 288 g/mol. The minimum absolute atomic E-state index is 0.0836. The Balaban J connectivity index is 4.13. The second-order valence-electron chi connectivity index (χ2n) is 6.54. The summed E-state index contributed by atoms with van der Waals surface area (Å²) in [5.41, 5.74) is 3.40. The van der Waals surface area contributed by atoms with Gasteiger partial charge in [0.15, 0.2) is 0 Å². The van der Waals surface area contributed by atoms with Gasteiger partial charge in [-0.05, 0) is 58.4 Å². The first-order valence-electron chi connectivity index (χ1n) is 8.62. The Labute approximate surface area is 141 Å². The van der Waals surface area contributed by atoms with Crippen LogP contribution in [0.4, 0.5) is 0 Å². The van der Waals surface area contributed by atoms with Crippen molar-refractivity contribution >= 4 is 5.78 Å². The van der Waals surface area contributed by atoms with Crippen LogP contribution >= 0.6 is 0 Å². The molecule has 3 heteroatoms. The van der Waals surface area contributed by atoms with Crippen molar-refractivity contribution < 1.29 is 15.0 Å². The average molecular weight is 322 g/mol. The Hall–Kier alpha value is -1.19. The van der Waals surface area contributed by atoms with E-state index in [1.807, 2.05) is 39.8 Å². The van der Waals surface area contributed by atoms with Crippen LogP contribution in [0.25, 0.3) is 0 Å². The van der Waals surface area contributed by atoms with Gasteiger partial charge in [-0.3, -0.25) is 4.79 Å². The lowest BCUT2D eigenvalue weighted by Gasteiger charge is -2.10. The first-order chi connectivity index (χ1) is 10.9. The molecule has 0 aromatic heterocycles. The molecule has 0 bridgehead atoms. The van der Waals surface area contributed by atoms with Gasteiger partial charge in [0.05, 0.1) is 13.2 Å². The predicted octanol–water partition coefficient (Wildman–Crippen LogP) is 4.36. The average Bonchev–Trinajstić information content (AvgIpc) is 2.50. The number of carbonyl (C=O) groups is 1. The first-order valence-corrected chi connectivity index (χ1v) is 8.62. The SMILES string of the molecule is CC(C)=CCC(=O)C(C)CCCC(=CCCC(C)=CCO)CO. The molecule has 1 unspecified atom stereocenters. The summed E-state index contributed by atoms with van der Waals surface area (Å²) >= 11 is 0. The van der Waals surface area contributed by atoms with Gasteiger partial charge in [0.2, 0.25) is 0 Å². The van der Waals surface area contributed by atoms with Crippen molar-refractivity contribution in [3.8, 4) is 0 Å². The minimum atomic E-state index is 0.0836. The van der Waals surface area contributed by atoms with E-state index in [-0.39, 0.29) is 19.1 Å². The number of rotatable bonds is 12. The Bertz CT molecular complexity index is 426. The van der Waals surface area contributed by atoms with Crippen LogP contribution in [0.2, 0.25) is 0 Å². The molecule has 0 aromatic carbocycles. The maximum atomic E-state index is 12.0. The molecule has 0 radical (unpaired) electrons. The molecule has 0 amide bonds. The van der Waals surface area contributed by atoms with E-state index in [9.17, 15) is 9.90 Å². The molecule has 23 heavy (non-hydrogen) atoms. The number of carbonyl (C=O) groups excluding carboxylic acids is 1. The second-order valence-corrected chi connectivity index (χ2v) is 6.54. The van der Waals surface area contributed by atoms with Crippen LogP contribution in [0.1, 0.15) is 66.2 Å². The van der Waals surface area contributed by atoms with E-state index in [0.717, 1.165) is 37.7 Å². The summed E-state index contributed by atoms with van der Waals surface area (Å²) in [6, 6.07) is 0. The van der Waals surface area contributed by atoms with Crippen LogP contribution in [0, 0.1) is 5.92 Å². The highest BCUT2D eigenvalue weighted by molar-refractivity contribution is 5.82. The first kappa shape index (κ1) is 21.8. The quantitative estimate of drug-likeness (QED) is 0.525. The third kappa shape index (κ3) is 12.0. The van der Waals surface area contributed by atoms with Gasteiger partial charge < -0.3 is 10.2 Å². The van der Waals surface area contributed by atoms with Crippen LogP contribution in [-0.2, 0) is 4.79 Å². The van der Waals surface area contributed by atoms with Gasteiger partial charge in [-0.25, -0.2) is 0 Å². The Kier molecular flexibility index (Phi) is 12.6. The van der Waals surface area contributed by atoms with E-state index in [2.05, 4.69) is 6.08 Å². The predicted molar refractivity (Wildman–Crippen MR) is 97.3 cm³/mol. The summed E-state index contributed by atoms with van der Waals surface area (Å²) in [5.74, 6) is 0.380. The number of ketones is 1. The number of aliphatic hydroxyl groups is 2. The third-order valence-electron chi connectivity index (χ3n) is 4.01. The Morgan fingerprint density at radius 3 is 2.30 bits per heavy atom. The summed E-state index contributed by atoms with van der Waals surface area (Å²) in [5, 5.41) is 18.2. The zero-order valence-electron chi connectivity index (χ0n) is 15.3. The van der Waals surface area contributed by atoms with E-state index < -0.39 is 0 Å². The summed E-state index contributed by atoms with van der Waals surface area (Å²) < 4.78 is 0. The third-order valence-corrected chi connectivity index (χ3v) is 4.01. The van der Waals surface area contributed by atoms with Gasteiger partial charge in [0.1, 0.15) is 5.78 Å². The van der Waals surface area contributed by atoms with E-state index in [4.69, 9.17) is 5.11 Å². The van der Waals surface area contributed by atoms with E-state index in [0.29, 0.717) is 12.2 Å². The van der Waals surface area contributed by atoms with Gasteiger partial charge in [0, 0.05) is 12.3 Å². The zero-order chi connectivity index (χ0) is 17.7. The summed E-state index contributed by atoms with van der Waals surface area (Å²) in [6.45, 7) is 8.18. The second kappa shape index (κ2) is 13.3. The fraction of sp³-hybridized carbons (Fsp3) is 0.650. The molecule has 1 atom stereocenters. The standard InChI is InChI=1S/C20H34O3/c1-16(2)11-12-20(23)18(4)8-6-10-19(15-22)9-5-7-17(3)13-14-21/h9,11,13,18,21-22H,5-8,10,12,14-15H2,1-4H3. The fourth-order valence-corrected chi connectivity index (χ4v) is 2.31. The molecule has 0 rings (SSSR count). The van der Waals surface area contributed by atoms with Gasteiger partial charge >= 0.3 is 0 Å². The smallest absolute Gasteiger partial charge is 0.139 e. The molecule has 0 heterocycles. The number of hydrogen-bond donors (Lipinski definition) is 2. The normalized spacial score (nSPS) is 13.8. The molecule has 0 aromatic rings. The summed E-state index contributed by atoms with van der Waals surface area (Å²) in [6.07, 6.45) is 10.9. The van der Waals surface area contributed by atoms with Crippen LogP contribution < -0.4 is 0 Å². The molecular formula is C20H34O3. The number of Topliss-reactive ketones (excluding diaryl/α,β-unsaturated/α-hetero) is 1. The van der Waals surface area contributed by atoms with Crippen molar-refractivity contribution in [2.45, 2.75) is 66.2 Å². The van der Waals surface area contributed by atoms with Crippen LogP contribution in [-0.4, -0.2) is 29.2 Å². The monoisotopic (exact) mass is 322 g/mol. The maximum Gasteiger partial charge on any atom is 0.139 e. The lowest BCUT2D eigenvalue weighted by molar-refractivity contribution is -0.121. The molecule has 0 aliphatic carbocycles. The fourth-order valence-electron chi connectivity index (χ4n) is 2.31. The molecule has 0 fully saturated rings. The van der Waals surface area contributed by atoms with Gasteiger partial charge in [-0.15, -0.1) is 0 Å². The number of hydrogen-bond acceptors (Lipinski definition) is 3. The van der Waals surface area contributed by atoms with E-state index in [1.165, 1.54) is 11.1 Å². The van der Waals surface area contributed by atoms with Crippen molar-refractivity contribution in [1.82, 2.24) is 0 Å². The summed E-state index contributed by atoms with van der Waals surface area (Å²) in [4.78, 5) is 12.0. The highest BCUT2D eigenvalue weighted by atomic mass is 16.3. The molecule has 0 aliphatic rings. The number of aliphatic hydroxyl groups excluding tert-OH is 2. The molecule has 2 N–H and O–H groups in total. The largest absolute Gasteiger partial charge is 0.392 e. The molecule has 0 saturated carbocycles. The molecule has 3 nitrogen and oxygen atoms in total. The van der Waals surface area contributed by atoms with Crippen molar-refractivity contribution in [1.29, 1.82) is 0 Å². The van der Waals surface area contributed by atoms with E-state index >= 15 is 0 Å². The van der Waals surface area contributed by atoms with Crippen molar-refractivity contribution in [2.75, 3.05) is 13.2 Å². The van der Waals surface area contributed by atoms with Crippen molar-refractivity contribution in [3.63, 3.8) is 0 Å². The lowest BCUT2D eigenvalue weighted by Crippen LogP contribution is -2.10. The van der Waals surface area contributed by atoms with Gasteiger partial charge in [0.25, 0.3) is 0 Å². The zero-order valence-corrected chi connectivity index (χ0v) is 15.3. The molecule has 0 saturated heterocycles. The molecule has 132 valence electrons. The summed E-state index contributed by atoms with van der Waals surface area (Å²) in [7, 11) is 0. The maximum absolute atomic E-state index is 12.0. The van der Waals surface area contributed by atoms with Gasteiger partial charge in [-0.1, -0.05) is 36.3 Å². The van der Waals surface area contributed by atoms with Crippen LogP contribution in [0.15, 0.2) is 34.9 Å².